The molecule has 2 aliphatic carbocycles. The van der Waals surface area contributed by atoms with Gasteiger partial charge in [0.1, 0.15) is 0 Å². The second-order valence-electron chi connectivity index (χ2n) is 5.00. The predicted molar refractivity (Wildman–Crippen MR) is 54.0 cm³/mol. The highest BCUT2D eigenvalue weighted by Crippen LogP contribution is 2.40. The molecule has 2 aliphatic rings. The summed E-state index contributed by atoms with van der Waals surface area (Å²) in [7, 11) is 2.07. The van der Waals surface area contributed by atoms with Crippen LogP contribution in [0, 0.1) is 17.8 Å². The Bertz CT molecular complexity index is 241. The van der Waals surface area contributed by atoms with Gasteiger partial charge in [-0.2, -0.15) is 0 Å². The largest absolute Gasteiger partial charge is 0.481 e. The highest BCUT2D eigenvalue weighted by Gasteiger charge is 2.41. The van der Waals surface area contributed by atoms with E-state index in [0.29, 0.717) is 6.04 Å². The van der Waals surface area contributed by atoms with E-state index in [4.69, 9.17) is 5.11 Å². The van der Waals surface area contributed by atoms with Crippen LogP contribution in [-0.2, 0) is 4.79 Å². The van der Waals surface area contributed by atoms with Crippen LogP contribution in [0.15, 0.2) is 0 Å². The van der Waals surface area contributed by atoms with E-state index in [1.165, 1.54) is 6.42 Å². The number of nitrogens with zero attached hydrogens (tertiary/aromatic N) is 1. The van der Waals surface area contributed by atoms with Crippen molar-refractivity contribution in [2.24, 2.45) is 17.8 Å². The van der Waals surface area contributed by atoms with Crippen molar-refractivity contribution in [3.05, 3.63) is 0 Å². The molecule has 2 rings (SSSR count). The highest BCUT2D eigenvalue weighted by molar-refractivity contribution is 5.72. The van der Waals surface area contributed by atoms with Gasteiger partial charge < -0.3 is 10.0 Å². The molecule has 0 aromatic heterocycles. The van der Waals surface area contributed by atoms with Gasteiger partial charge in [-0.15, -0.1) is 0 Å². The van der Waals surface area contributed by atoms with Gasteiger partial charge in [-0.25, -0.2) is 0 Å². The number of carboxylic acid groups (broad SMARTS) is 1. The van der Waals surface area contributed by atoms with Crippen LogP contribution >= 0.6 is 0 Å². The van der Waals surface area contributed by atoms with Gasteiger partial charge in [0.25, 0.3) is 0 Å². The fraction of sp³-hybridized carbons (Fsp3) is 0.909. The molecule has 0 bridgehead atoms. The fourth-order valence-electron chi connectivity index (χ4n) is 2.46. The molecule has 0 amide bonds. The summed E-state index contributed by atoms with van der Waals surface area (Å²) in [6.45, 7) is 3.36. The van der Waals surface area contributed by atoms with Gasteiger partial charge in [-0.1, -0.05) is 6.92 Å². The lowest BCUT2D eigenvalue weighted by molar-refractivity contribution is -0.148. The average Bonchev–Trinajstić information content (AvgIpc) is 2.61. The molecule has 2 saturated carbocycles. The maximum atomic E-state index is 10.8. The number of carboxylic acids is 1. The molecule has 0 spiro atoms. The third kappa shape index (κ3) is 1.78. The van der Waals surface area contributed by atoms with Crippen LogP contribution in [0.1, 0.15) is 26.2 Å². The van der Waals surface area contributed by atoms with Crippen LogP contribution in [0.2, 0.25) is 0 Å². The summed E-state index contributed by atoms with van der Waals surface area (Å²) >= 11 is 0. The molecular formula is C11H19NO2. The van der Waals surface area contributed by atoms with Crippen LogP contribution < -0.4 is 0 Å². The number of hydrogen-bond donors (Lipinski definition) is 1. The molecule has 80 valence electrons. The van der Waals surface area contributed by atoms with Crippen molar-refractivity contribution in [1.29, 1.82) is 0 Å². The van der Waals surface area contributed by atoms with E-state index in [1.807, 2.05) is 0 Å². The molecule has 1 N–H and O–H groups in total. The Labute approximate surface area is 85.1 Å². The molecule has 3 nitrogen and oxygen atoms in total. The second kappa shape index (κ2) is 3.54. The van der Waals surface area contributed by atoms with Gasteiger partial charge >= 0.3 is 5.97 Å². The first-order valence-corrected chi connectivity index (χ1v) is 5.52. The van der Waals surface area contributed by atoms with Crippen molar-refractivity contribution >= 4 is 5.97 Å². The quantitative estimate of drug-likeness (QED) is 0.741. The Morgan fingerprint density at radius 2 is 2.14 bits per heavy atom. The van der Waals surface area contributed by atoms with Gasteiger partial charge in [0.2, 0.25) is 0 Å². The maximum absolute atomic E-state index is 10.8. The van der Waals surface area contributed by atoms with Crippen molar-refractivity contribution < 1.29 is 9.90 Å². The summed E-state index contributed by atoms with van der Waals surface area (Å²) < 4.78 is 0. The van der Waals surface area contributed by atoms with Gasteiger partial charge in [0.05, 0.1) is 5.92 Å². The Balaban J connectivity index is 1.80. The molecule has 0 saturated heterocycles. The number of rotatable bonds is 4. The van der Waals surface area contributed by atoms with Crippen LogP contribution in [-0.4, -0.2) is 35.6 Å². The zero-order valence-corrected chi connectivity index (χ0v) is 8.94. The normalized spacial score (nSPS) is 40.8. The lowest BCUT2D eigenvalue weighted by Crippen LogP contribution is -2.49. The van der Waals surface area contributed by atoms with E-state index < -0.39 is 5.97 Å². The molecule has 3 heteroatoms. The lowest BCUT2D eigenvalue weighted by Gasteiger charge is -2.40. The topological polar surface area (TPSA) is 40.5 Å². The summed E-state index contributed by atoms with van der Waals surface area (Å²) in [5.41, 5.74) is 0. The van der Waals surface area contributed by atoms with E-state index in [-0.39, 0.29) is 5.92 Å². The summed E-state index contributed by atoms with van der Waals surface area (Å²) in [5, 5.41) is 8.93. The maximum Gasteiger partial charge on any atom is 0.308 e. The van der Waals surface area contributed by atoms with Crippen molar-refractivity contribution in [3.8, 4) is 0 Å². The van der Waals surface area contributed by atoms with Gasteiger partial charge in [0, 0.05) is 12.6 Å². The first kappa shape index (κ1) is 9.97. The zero-order valence-electron chi connectivity index (χ0n) is 8.94. The zero-order chi connectivity index (χ0) is 10.3. The van der Waals surface area contributed by atoms with E-state index in [2.05, 4.69) is 18.9 Å². The predicted octanol–water partition coefficient (Wildman–Crippen LogP) is 1.44. The monoisotopic (exact) mass is 197 g/mol. The molecule has 0 heterocycles. The number of aliphatic carboxylic acids is 1. The SMILES string of the molecule is CC1CC1CN(C)C1CCC1C(=O)O. The Kier molecular flexibility index (Phi) is 2.52. The summed E-state index contributed by atoms with van der Waals surface area (Å²) in [6, 6.07) is 0.306. The minimum Gasteiger partial charge on any atom is -0.481 e. The van der Waals surface area contributed by atoms with Gasteiger partial charge in [0.15, 0.2) is 0 Å². The van der Waals surface area contributed by atoms with E-state index >= 15 is 0 Å². The summed E-state index contributed by atoms with van der Waals surface area (Å²) in [6.07, 6.45) is 3.26. The second-order valence-corrected chi connectivity index (χ2v) is 5.00. The molecule has 0 aromatic carbocycles. The van der Waals surface area contributed by atoms with Crippen molar-refractivity contribution in [1.82, 2.24) is 4.90 Å². The first-order chi connectivity index (χ1) is 6.59. The minimum atomic E-state index is -0.614. The molecule has 14 heavy (non-hydrogen) atoms. The standard InChI is InChI=1S/C11H19NO2/c1-7-5-8(7)6-12(2)10-4-3-9(10)11(13)14/h7-10H,3-6H2,1-2H3,(H,13,14). The number of hydrogen-bond acceptors (Lipinski definition) is 2. The van der Waals surface area contributed by atoms with Crippen LogP contribution in [0.25, 0.3) is 0 Å². The third-order valence-electron chi connectivity index (χ3n) is 3.92. The molecule has 4 unspecified atom stereocenters. The average molecular weight is 197 g/mol. The molecular weight excluding hydrogens is 178 g/mol. The molecule has 0 radical (unpaired) electrons. The van der Waals surface area contributed by atoms with Gasteiger partial charge in [-0.3, -0.25) is 4.79 Å². The van der Waals surface area contributed by atoms with Crippen molar-refractivity contribution in [2.75, 3.05) is 13.6 Å². The first-order valence-electron chi connectivity index (χ1n) is 5.52. The van der Waals surface area contributed by atoms with Crippen LogP contribution in [0.4, 0.5) is 0 Å². The third-order valence-corrected chi connectivity index (χ3v) is 3.92. The summed E-state index contributed by atoms with van der Waals surface area (Å²) in [4.78, 5) is 13.1. The fourth-order valence-corrected chi connectivity index (χ4v) is 2.46. The Hall–Kier alpha value is -0.570. The van der Waals surface area contributed by atoms with Crippen molar-refractivity contribution in [3.63, 3.8) is 0 Å². The minimum absolute atomic E-state index is 0.103. The lowest BCUT2D eigenvalue weighted by atomic mass is 9.78. The molecule has 2 fully saturated rings. The molecule has 4 atom stereocenters. The highest BCUT2D eigenvalue weighted by atomic mass is 16.4. The van der Waals surface area contributed by atoms with Crippen LogP contribution in [0.3, 0.4) is 0 Å². The smallest absolute Gasteiger partial charge is 0.308 e. The van der Waals surface area contributed by atoms with E-state index in [1.54, 1.807) is 0 Å². The Morgan fingerprint density at radius 3 is 2.50 bits per heavy atom. The Morgan fingerprint density at radius 1 is 1.50 bits per heavy atom. The van der Waals surface area contributed by atoms with E-state index in [0.717, 1.165) is 31.2 Å². The summed E-state index contributed by atoms with van der Waals surface area (Å²) in [5.74, 6) is 0.974. The molecule has 0 aliphatic heterocycles. The van der Waals surface area contributed by atoms with Crippen molar-refractivity contribution in [2.45, 2.75) is 32.2 Å². The van der Waals surface area contributed by atoms with E-state index in [9.17, 15) is 4.79 Å². The number of carbonyl (C=O) groups is 1. The van der Waals surface area contributed by atoms with Gasteiger partial charge in [-0.05, 0) is 38.1 Å². The molecule has 0 aromatic rings. The van der Waals surface area contributed by atoms with Crippen LogP contribution in [0.5, 0.6) is 0 Å².